The molecule has 0 unspecified atom stereocenters. The van der Waals surface area contributed by atoms with Gasteiger partial charge in [-0.05, 0) is 72.5 Å². The summed E-state index contributed by atoms with van der Waals surface area (Å²) in [6.45, 7) is 1.28. The highest BCUT2D eigenvalue weighted by molar-refractivity contribution is 7.93. The average Bonchev–Trinajstić information content (AvgIpc) is 2.91. The molecular formula is C24H21N3O15S5. The summed E-state index contributed by atoms with van der Waals surface area (Å²) in [7, 11) is -25.6. The van der Waals surface area contributed by atoms with E-state index in [1.54, 1.807) is 0 Å². The molecule has 0 spiro atoms. The summed E-state index contributed by atoms with van der Waals surface area (Å²) < 4.78 is 163. The molecular weight excluding hydrogens is 731 g/mol. The first-order valence-electron chi connectivity index (χ1n) is 12.1. The van der Waals surface area contributed by atoms with E-state index in [9.17, 15) is 65.1 Å². The van der Waals surface area contributed by atoms with Gasteiger partial charge in [0.1, 0.15) is 9.79 Å². The molecule has 23 heteroatoms. The molecule has 0 bridgehead atoms. The number of carbonyl (C=O) groups is 1. The highest BCUT2D eigenvalue weighted by atomic mass is 32.2. The molecule has 252 valence electrons. The first-order valence-corrected chi connectivity index (χ1v) is 19.4. The Balaban J connectivity index is 1.89. The topological polar surface area (TPSA) is 319 Å². The number of benzene rings is 4. The van der Waals surface area contributed by atoms with Crippen molar-refractivity contribution in [2.24, 2.45) is 0 Å². The van der Waals surface area contributed by atoms with Gasteiger partial charge in [0.15, 0.2) is 0 Å². The van der Waals surface area contributed by atoms with Gasteiger partial charge in [0.2, 0.25) is 0 Å². The van der Waals surface area contributed by atoms with Crippen molar-refractivity contribution in [1.82, 2.24) is 0 Å². The fraction of sp³-hybridized carbons (Fsp3) is 0.0417. The predicted octanol–water partition coefficient (Wildman–Crippen LogP) is 1.77. The fourth-order valence-corrected chi connectivity index (χ4v) is 8.29. The molecule has 0 aliphatic heterocycles. The van der Waals surface area contributed by atoms with Crippen LogP contribution in [0.3, 0.4) is 0 Å². The molecule has 0 aliphatic carbocycles. The van der Waals surface area contributed by atoms with Gasteiger partial charge in [-0.15, -0.1) is 0 Å². The molecule has 0 atom stereocenters. The normalized spacial score (nSPS) is 13.0. The number of carbonyl (C=O) groups excluding carboxylic acids is 1. The Morgan fingerprint density at radius 1 is 0.638 bits per heavy atom. The number of nitrogens with one attached hydrogen (secondary N) is 2. The second-order valence-electron chi connectivity index (χ2n) is 9.69. The van der Waals surface area contributed by atoms with E-state index in [1.165, 1.54) is 19.1 Å². The Labute approximate surface area is 267 Å². The Morgan fingerprint density at radius 3 is 1.72 bits per heavy atom. The second-order valence-corrected chi connectivity index (χ2v) is 17.0. The van der Waals surface area contributed by atoms with E-state index in [0.717, 1.165) is 24.3 Å². The summed E-state index contributed by atoms with van der Waals surface area (Å²) >= 11 is 0. The van der Waals surface area contributed by atoms with E-state index in [2.05, 4.69) is 5.32 Å². The maximum absolute atomic E-state index is 13.6. The van der Waals surface area contributed by atoms with Crippen LogP contribution in [0.1, 0.15) is 15.9 Å². The van der Waals surface area contributed by atoms with Gasteiger partial charge in [-0.1, -0.05) is 6.07 Å². The Bertz CT molecular complexity index is 2560. The minimum atomic E-state index is -5.41. The van der Waals surface area contributed by atoms with E-state index in [4.69, 9.17) is 5.73 Å². The molecule has 1 amide bonds. The first kappa shape index (κ1) is 35.7. The highest BCUT2D eigenvalue weighted by Crippen LogP contribution is 2.37. The number of rotatable bonds is 9. The monoisotopic (exact) mass is 751 g/mol. The van der Waals surface area contributed by atoms with Crippen LogP contribution < -0.4 is 15.8 Å². The molecule has 47 heavy (non-hydrogen) atoms. The molecule has 8 N–H and O–H groups in total. The molecule has 4 aromatic rings. The zero-order valence-electron chi connectivity index (χ0n) is 23.2. The first-order chi connectivity index (χ1) is 21.3. The zero-order valence-corrected chi connectivity index (χ0v) is 27.3. The van der Waals surface area contributed by atoms with E-state index < -0.39 is 103 Å². The molecule has 0 saturated heterocycles. The SMILES string of the molecule is Cc1ccc(NC(=O)c2ccc(N)cc2S(=O)(=O)O)cc1S(=O)(=O)Nc1cc(S(=O)(=O)O)cc2cc(S(=O)(=O)O)cc(S(=O)(=O)O)c12. The minimum Gasteiger partial charge on any atom is -0.399 e. The van der Waals surface area contributed by atoms with Gasteiger partial charge in [-0.25, -0.2) is 8.42 Å². The third kappa shape index (κ3) is 7.69. The number of anilines is 3. The number of nitrogens with two attached hydrogens (primary N) is 1. The zero-order chi connectivity index (χ0) is 35.5. The third-order valence-electron chi connectivity index (χ3n) is 6.34. The van der Waals surface area contributed by atoms with Crippen LogP contribution in [0.5, 0.6) is 0 Å². The summed E-state index contributed by atoms with van der Waals surface area (Å²) in [6.07, 6.45) is 0. The quantitative estimate of drug-likeness (QED) is 0.0946. The highest BCUT2D eigenvalue weighted by Gasteiger charge is 2.28. The molecule has 0 aliphatic rings. The van der Waals surface area contributed by atoms with Crippen molar-refractivity contribution in [2.75, 3.05) is 15.8 Å². The predicted molar refractivity (Wildman–Crippen MR) is 164 cm³/mol. The summed E-state index contributed by atoms with van der Waals surface area (Å²) in [5.41, 5.74) is 3.68. The van der Waals surface area contributed by atoms with Gasteiger partial charge < -0.3 is 11.1 Å². The van der Waals surface area contributed by atoms with Crippen molar-refractivity contribution in [3.8, 4) is 0 Å². The van der Waals surface area contributed by atoms with Crippen LogP contribution >= 0.6 is 0 Å². The van der Waals surface area contributed by atoms with Crippen LogP contribution in [0.2, 0.25) is 0 Å². The van der Waals surface area contributed by atoms with Crippen LogP contribution in [-0.2, 0) is 50.5 Å². The lowest BCUT2D eigenvalue weighted by Gasteiger charge is -2.17. The minimum absolute atomic E-state index is 0.0134. The molecule has 0 saturated carbocycles. The smallest absolute Gasteiger partial charge is 0.295 e. The number of hydrogen-bond donors (Lipinski definition) is 7. The third-order valence-corrected chi connectivity index (χ3v) is 11.3. The van der Waals surface area contributed by atoms with Gasteiger partial charge in [-0.2, -0.15) is 33.7 Å². The molecule has 4 aromatic carbocycles. The number of amides is 1. The number of aryl methyl sites for hydroxylation is 1. The van der Waals surface area contributed by atoms with Crippen molar-refractivity contribution in [1.29, 1.82) is 0 Å². The Hall–Kier alpha value is -4.20. The standard InChI is InChI=1S/C24H21N3O15S5/c1-12-2-4-15(26-24(28)18-5-3-14(25)8-21(18)46(37,38)39)9-20(12)43(29,30)27-19-10-16(44(31,32)33)6-13-7-17(45(34,35)36)11-22(23(13)19)47(40,41)42/h2-11,27H,25H2,1H3,(H,26,28)(H,31,32,33)(H,34,35,36)(H,37,38,39)(H,40,41,42). The number of nitrogen functional groups attached to an aromatic ring is 1. The lowest BCUT2D eigenvalue weighted by atomic mass is 10.1. The van der Waals surface area contributed by atoms with Crippen LogP contribution in [0, 0.1) is 6.92 Å². The van der Waals surface area contributed by atoms with Crippen molar-refractivity contribution in [2.45, 2.75) is 31.4 Å². The van der Waals surface area contributed by atoms with Crippen LogP contribution in [0.25, 0.3) is 10.8 Å². The summed E-state index contributed by atoms with van der Waals surface area (Å²) in [4.78, 5) is 7.96. The van der Waals surface area contributed by atoms with Crippen molar-refractivity contribution in [3.05, 3.63) is 71.8 Å². The number of sulfonamides is 1. The molecule has 0 aromatic heterocycles. The Kier molecular flexibility index (Phi) is 8.95. The summed E-state index contributed by atoms with van der Waals surface area (Å²) in [6, 6.07) is 8.05. The number of hydrogen-bond acceptors (Lipinski definition) is 12. The maximum atomic E-state index is 13.6. The molecule has 4 rings (SSSR count). The van der Waals surface area contributed by atoms with Crippen LogP contribution in [0.4, 0.5) is 17.1 Å². The average molecular weight is 752 g/mol. The van der Waals surface area contributed by atoms with Crippen molar-refractivity contribution < 1.29 is 65.1 Å². The van der Waals surface area contributed by atoms with Crippen LogP contribution in [-0.4, -0.2) is 66.2 Å². The van der Waals surface area contributed by atoms with Crippen molar-refractivity contribution >= 4 is 84.2 Å². The summed E-state index contributed by atoms with van der Waals surface area (Å²) in [5, 5.41) is 0.786. The van der Waals surface area contributed by atoms with Gasteiger partial charge in [0, 0.05) is 16.8 Å². The molecule has 0 heterocycles. The molecule has 0 fully saturated rings. The lowest BCUT2D eigenvalue weighted by molar-refractivity contribution is 0.102. The Morgan fingerprint density at radius 2 is 1.19 bits per heavy atom. The molecule has 18 nitrogen and oxygen atoms in total. The second kappa shape index (κ2) is 11.8. The fourth-order valence-electron chi connectivity index (χ4n) is 4.31. The van der Waals surface area contributed by atoms with E-state index >= 15 is 0 Å². The van der Waals surface area contributed by atoms with Gasteiger partial charge in [0.25, 0.3) is 56.4 Å². The van der Waals surface area contributed by atoms with Crippen molar-refractivity contribution in [3.63, 3.8) is 0 Å². The van der Waals surface area contributed by atoms with E-state index in [1.807, 2.05) is 4.72 Å². The lowest BCUT2D eigenvalue weighted by Crippen LogP contribution is -2.18. The summed E-state index contributed by atoms with van der Waals surface area (Å²) in [5.74, 6) is -1.13. The molecule has 0 radical (unpaired) electrons. The maximum Gasteiger partial charge on any atom is 0.295 e. The number of fused-ring (bicyclic) bond motifs is 1. The van der Waals surface area contributed by atoms with Gasteiger partial charge in [0.05, 0.1) is 25.9 Å². The van der Waals surface area contributed by atoms with Gasteiger partial charge in [-0.3, -0.25) is 27.7 Å². The van der Waals surface area contributed by atoms with Gasteiger partial charge >= 0.3 is 0 Å². The van der Waals surface area contributed by atoms with E-state index in [0.29, 0.717) is 18.2 Å². The van der Waals surface area contributed by atoms with E-state index in [-0.39, 0.29) is 23.0 Å². The van der Waals surface area contributed by atoms with Crippen LogP contribution in [0.15, 0.2) is 85.1 Å². The largest absolute Gasteiger partial charge is 0.399 e.